The van der Waals surface area contributed by atoms with Crippen LogP contribution in [0.1, 0.15) is 17.0 Å². The van der Waals surface area contributed by atoms with E-state index >= 15 is 0 Å². The molecule has 0 unspecified atom stereocenters. The topological polar surface area (TPSA) is 64.7 Å². The zero-order valence-corrected chi connectivity index (χ0v) is 10.7. The van der Waals surface area contributed by atoms with Gasteiger partial charge in [0.1, 0.15) is 5.03 Å². The molecule has 0 aliphatic rings. The van der Waals surface area contributed by atoms with Crippen molar-refractivity contribution in [1.82, 2.24) is 15.0 Å². The summed E-state index contributed by atoms with van der Waals surface area (Å²) in [5.74, 6) is 0. The van der Waals surface area contributed by atoms with E-state index in [0.29, 0.717) is 11.7 Å². The van der Waals surface area contributed by atoms with Gasteiger partial charge in [-0.1, -0.05) is 0 Å². The highest BCUT2D eigenvalue weighted by atomic mass is 32.2. The number of nitrogens with zero attached hydrogens (tertiary/aromatic N) is 3. The standard InChI is InChI=1S/C12H14N4S/c1-8-3-4-14-12(16-8)17-11-6-10(7-13)5-9(2)15-11/h3-6H,7,13H2,1-2H3. The van der Waals surface area contributed by atoms with Gasteiger partial charge in [-0.3, -0.25) is 0 Å². The van der Waals surface area contributed by atoms with E-state index in [4.69, 9.17) is 5.73 Å². The molecule has 0 amide bonds. The van der Waals surface area contributed by atoms with E-state index in [2.05, 4.69) is 15.0 Å². The van der Waals surface area contributed by atoms with E-state index in [0.717, 1.165) is 22.0 Å². The molecular formula is C12H14N4S. The third-order valence-corrected chi connectivity index (χ3v) is 2.99. The zero-order valence-electron chi connectivity index (χ0n) is 9.84. The predicted molar refractivity (Wildman–Crippen MR) is 67.8 cm³/mol. The summed E-state index contributed by atoms with van der Waals surface area (Å²) in [5, 5.41) is 1.60. The molecule has 2 aromatic rings. The van der Waals surface area contributed by atoms with Gasteiger partial charge in [-0.25, -0.2) is 15.0 Å². The van der Waals surface area contributed by atoms with Gasteiger partial charge in [0.2, 0.25) is 0 Å². The second-order valence-corrected chi connectivity index (χ2v) is 4.73. The molecule has 0 atom stereocenters. The molecule has 0 fully saturated rings. The molecular weight excluding hydrogens is 232 g/mol. The molecule has 0 radical (unpaired) electrons. The molecule has 5 heteroatoms. The van der Waals surface area contributed by atoms with Crippen LogP contribution < -0.4 is 5.73 Å². The highest BCUT2D eigenvalue weighted by Gasteiger charge is 2.04. The molecule has 0 saturated heterocycles. The minimum atomic E-state index is 0.519. The minimum Gasteiger partial charge on any atom is -0.326 e. The minimum absolute atomic E-state index is 0.519. The summed E-state index contributed by atoms with van der Waals surface area (Å²) in [7, 11) is 0. The molecule has 0 spiro atoms. The van der Waals surface area contributed by atoms with E-state index in [1.807, 2.05) is 32.0 Å². The summed E-state index contributed by atoms with van der Waals surface area (Å²) in [6.07, 6.45) is 1.75. The van der Waals surface area contributed by atoms with Crippen LogP contribution in [0, 0.1) is 13.8 Å². The van der Waals surface area contributed by atoms with Gasteiger partial charge in [0.05, 0.1) is 0 Å². The number of rotatable bonds is 3. The third-order valence-electron chi connectivity index (χ3n) is 2.19. The van der Waals surface area contributed by atoms with E-state index in [1.165, 1.54) is 11.8 Å². The van der Waals surface area contributed by atoms with Crippen LogP contribution in [0.4, 0.5) is 0 Å². The van der Waals surface area contributed by atoms with Crippen molar-refractivity contribution in [2.45, 2.75) is 30.6 Å². The van der Waals surface area contributed by atoms with Crippen molar-refractivity contribution in [2.75, 3.05) is 0 Å². The maximum atomic E-state index is 5.64. The van der Waals surface area contributed by atoms with Crippen LogP contribution in [0.3, 0.4) is 0 Å². The lowest BCUT2D eigenvalue weighted by Crippen LogP contribution is -1.99. The van der Waals surface area contributed by atoms with Crippen molar-refractivity contribution in [3.63, 3.8) is 0 Å². The lowest BCUT2D eigenvalue weighted by Gasteiger charge is -2.04. The van der Waals surface area contributed by atoms with Gasteiger partial charge in [-0.2, -0.15) is 0 Å². The molecule has 4 nitrogen and oxygen atoms in total. The summed E-state index contributed by atoms with van der Waals surface area (Å²) >= 11 is 1.46. The number of aromatic nitrogens is 3. The second kappa shape index (κ2) is 5.25. The Hall–Kier alpha value is -1.46. The number of pyridine rings is 1. The van der Waals surface area contributed by atoms with Crippen molar-refractivity contribution >= 4 is 11.8 Å². The van der Waals surface area contributed by atoms with Crippen molar-refractivity contribution in [3.8, 4) is 0 Å². The van der Waals surface area contributed by atoms with Gasteiger partial charge in [0.15, 0.2) is 5.16 Å². The van der Waals surface area contributed by atoms with Crippen molar-refractivity contribution in [3.05, 3.63) is 41.3 Å². The predicted octanol–water partition coefficient (Wildman–Crippen LogP) is 2.10. The maximum Gasteiger partial charge on any atom is 0.194 e. The summed E-state index contributed by atoms with van der Waals surface area (Å²) in [5.41, 5.74) is 8.63. The van der Waals surface area contributed by atoms with Crippen LogP contribution in [-0.2, 0) is 6.54 Å². The number of hydrogen-bond acceptors (Lipinski definition) is 5. The van der Waals surface area contributed by atoms with Crippen LogP contribution in [0.5, 0.6) is 0 Å². The Balaban J connectivity index is 2.26. The Labute approximate surface area is 105 Å². The lowest BCUT2D eigenvalue weighted by molar-refractivity contribution is 0.921. The average molecular weight is 246 g/mol. The van der Waals surface area contributed by atoms with Crippen molar-refractivity contribution < 1.29 is 0 Å². The van der Waals surface area contributed by atoms with Gasteiger partial charge in [-0.05, 0) is 49.4 Å². The summed E-state index contributed by atoms with van der Waals surface area (Å²) in [6, 6.07) is 5.84. The Morgan fingerprint density at radius 3 is 2.71 bits per heavy atom. The Morgan fingerprint density at radius 1 is 1.18 bits per heavy atom. The van der Waals surface area contributed by atoms with Gasteiger partial charge < -0.3 is 5.73 Å². The molecule has 2 rings (SSSR count). The molecule has 2 aromatic heterocycles. The molecule has 2 N–H and O–H groups in total. The average Bonchev–Trinajstić information content (AvgIpc) is 2.28. The first kappa shape index (κ1) is 12.0. The fourth-order valence-corrected chi connectivity index (χ4v) is 2.34. The monoisotopic (exact) mass is 246 g/mol. The third kappa shape index (κ3) is 3.25. The summed E-state index contributed by atoms with van der Waals surface area (Å²) < 4.78 is 0. The van der Waals surface area contributed by atoms with Gasteiger partial charge in [0, 0.05) is 24.1 Å². The summed E-state index contributed by atoms with van der Waals surface area (Å²) in [6.45, 7) is 4.42. The Kier molecular flexibility index (Phi) is 3.71. The largest absolute Gasteiger partial charge is 0.326 e. The molecule has 0 aromatic carbocycles. The highest BCUT2D eigenvalue weighted by Crippen LogP contribution is 2.23. The van der Waals surface area contributed by atoms with Gasteiger partial charge in [0.25, 0.3) is 0 Å². The SMILES string of the molecule is Cc1cc(CN)cc(Sc2nccc(C)n2)n1. The highest BCUT2D eigenvalue weighted by molar-refractivity contribution is 7.99. The van der Waals surface area contributed by atoms with Crippen LogP contribution in [0.25, 0.3) is 0 Å². The Bertz CT molecular complexity index is 528. The molecule has 2 heterocycles. The van der Waals surface area contributed by atoms with E-state index in [-0.39, 0.29) is 0 Å². The van der Waals surface area contributed by atoms with Crippen LogP contribution in [-0.4, -0.2) is 15.0 Å². The normalized spacial score (nSPS) is 10.5. The molecule has 88 valence electrons. The fourth-order valence-electron chi connectivity index (χ4n) is 1.45. The second-order valence-electron chi connectivity index (χ2n) is 3.74. The molecule has 0 aliphatic carbocycles. The van der Waals surface area contributed by atoms with Crippen LogP contribution >= 0.6 is 11.8 Å². The molecule has 0 saturated carbocycles. The van der Waals surface area contributed by atoms with Crippen LogP contribution in [0.2, 0.25) is 0 Å². The first-order valence-electron chi connectivity index (χ1n) is 5.32. The number of nitrogens with two attached hydrogens (primary N) is 1. The van der Waals surface area contributed by atoms with Crippen LogP contribution in [0.15, 0.2) is 34.6 Å². The van der Waals surface area contributed by atoms with Gasteiger partial charge >= 0.3 is 0 Å². The fraction of sp³-hybridized carbons (Fsp3) is 0.250. The van der Waals surface area contributed by atoms with Crippen molar-refractivity contribution in [2.24, 2.45) is 5.73 Å². The van der Waals surface area contributed by atoms with E-state index in [9.17, 15) is 0 Å². The van der Waals surface area contributed by atoms with Crippen molar-refractivity contribution in [1.29, 1.82) is 0 Å². The maximum absolute atomic E-state index is 5.64. The smallest absolute Gasteiger partial charge is 0.194 e. The Morgan fingerprint density at radius 2 is 2.00 bits per heavy atom. The van der Waals surface area contributed by atoms with Gasteiger partial charge in [-0.15, -0.1) is 0 Å². The molecule has 0 aliphatic heterocycles. The number of hydrogen-bond donors (Lipinski definition) is 1. The zero-order chi connectivity index (χ0) is 12.3. The summed E-state index contributed by atoms with van der Waals surface area (Å²) in [4.78, 5) is 13.0. The number of aryl methyl sites for hydroxylation is 2. The van der Waals surface area contributed by atoms with E-state index < -0.39 is 0 Å². The lowest BCUT2D eigenvalue weighted by atomic mass is 10.2. The van der Waals surface area contributed by atoms with E-state index in [1.54, 1.807) is 6.20 Å². The quantitative estimate of drug-likeness (QED) is 0.840. The first-order valence-corrected chi connectivity index (χ1v) is 6.14. The first-order chi connectivity index (χ1) is 8.17. The molecule has 0 bridgehead atoms. The molecule has 17 heavy (non-hydrogen) atoms.